The van der Waals surface area contributed by atoms with Crippen molar-refractivity contribution < 1.29 is 9.84 Å². The number of hydrogen-bond donors (Lipinski definition) is 1. The first kappa shape index (κ1) is 13.7. The van der Waals surface area contributed by atoms with Crippen molar-refractivity contribution in [3.05, 3.63) is 64.6 Å². The third-order valence-electron chi connectivity index (χ3n) is 2.06. The molecule has 17 heavy (non-hydrogen) atoms. The van der Waals surface area contributed by atoms with Gasteiger partial charge in [-0.25, -0.2) is 0 Å². The van der Waals surface area contributed by atoms with E-state index in [4.69, 9.17) is 9.84 Å². The molecule has 0 unspecified atom stereocenters. The second kappa shape index (κ2) is 7.87. The summed E-state index contributed by atoms with van der Waals surface area (Å²) >= 11 is 3.39. The van der Waals surface area contributed by atoms with Crippen LogP contribution < -0.4 is 4.74 Å². The van der Waals surface area contributed by atoms with Crippen LogP contribution in [-0.4, -0.2) is 12.2 Å². The van der Waals surface area contributed by atoms with Gasteiger partial charge in [0.15, 0.2) is 0 Å². The topological polar surface area (TPSA) is 29.5 Å². The summed E-state index contributed by atoms with van der Waals surface area (Å²) in [6.07, 6.45) is 0. The molecule has 0 amide bonds. The van der Waals surface area contributed by atoms with E-state index in [0.29, 0.717) is 6.61 Å². The van der Waals surface area contributed by atoms with Crippen LogP contribution >= 0.6 is 15.9 Å². The Labute approximate surface area is 110 Å². The Kier molecular flexibility index (Phi) is 6.37. The summed E-state index contributed by atoms with van der Waals surface area (Å²) in [6.45, 7) is 0.614. The number of hydrogen-bond acceptors (Lipinski definition) is 2. The average molecular weight is 295 g/mol. The Morgan fingerprint density at radius 1 is 0.941 bits per heavy atom. The van der Waals surface area contributed by atoms with E-state index in [-0.39, 0.29) is 0 Å². The van der Waals surface area contributed by atoms with E-state index in [2.05, 4.69) is 28.1 Å². The maximum absolute atomic E-state index is 7.00. The lowest BCUT2D eigenvalue weighted by atomic mass is 10.2. The standard InChI is InChI=1S/C13H11BrO.CH4O/c14-12-6-8-13(9-7-12)15-10-11-4-2-1-3-5-11;1-2/h1-9H,10H2;2H,1H3. The van der Waals surface area contributed by atoms with Crippen LogP contribution in [0.1, 0.15) is 5.56 Å². The molecular weight excluding hydrogens is 280 g/mol. The van der Waals surface area contributed by atoms with Crippen molar-refractivity contribution in [1.29, 1.82) is 0 Å². The van der Waals surface area contributed by atoms with Crippen molar-refractivity contribution in [1.82, 2.24) is 0 Å². The molecule has 2 aromatic carbocycles. The van der Waals surface area contributed by atoms with Crippen LogP contribution in [0.15, 0.2) is 59.1 Å². The second-order valence-electron chi connectivity index (χ2n) is 3.23. The molecule has 0 aliphatic rings. The minimum atomic E-state index is 0.614. The molecule has 0 radical (unpaired) electrons. The fraction of sp³-hybridized carbons (Fsp3) is 0.143. The third-order valence-corrected chi connectivity index (χ3v) is 2.59. The maximum Gasteiger partial charge on any atom is 0.119 e. The summed E-state index contributed by atoms with van der Waals surface area (Å²) in [7, 11) is 1.00. The molecule has 1 N–H and O–H groups in total. The number of ether oxygens (including phenoxy) is 1. The van der Waals surface area contributed by atoms with Gasteiger partial charge >= 0.3 is 0 Å². The lowest BCUT2D eigenvalue weighted by Crippen LogP contribution is -1.94. The molecular formula is C14H15BrO2. The van der Waals surface area contributed by atoms with Gasteiger partial charge in [0.25, 0.3) is 0 Å². The average Bonchev–Trinajstić information content (AvgIpc) is 2.42. The van der Waals surface area contributed by atoms with Crippen molar-refractivity contribution in [3.8, 4) is 5.75 Å². The molecule has 2 nitrogen and oxygen atoms in total. The van der Waals surface area contributed by atoms with Gasteiger partial charge in [-0.2, -0.15) is 0 Å². The fourth-order valence-corrected chi connectivity index (χ4v) is 1.54. The van der Waals surface area contributed by atoms with E-state index < -0.39 is 0 Å². The Bertz CT molecular complexity index is 412. The largest absolute Gasteiger partial charge is 0.489 e. The molecule has 0 spiro atoms. The van der Waals surface area contributed by atoms with Crippen LogP contribution in [0, 0.1) is 0 Å². The van der Waals surface area contributed by atoms with Crippen molar-refractivity contribution in [2.24, 2.45) is 0 Å². The van der Waals surface area contributed by atoms with Crippen LogP contribution in [0.2, 0.25) is 0 Å². The molecule has 90 valence electrons. The van der Waals surface area contributed by atoms with Crippen molar-refractivity contribution in [2.45, 2.75) is 6.61 Å². The van der Waals surface area contributed by atoms with E-state index in [0.717, 1.165) is 17.3 Å². The van der Waals surface area contributed by atoms with Gasteiger partial charge in [-0.3, -0.25) is 0 Å². The number of benzene rings is 2. The van der Waals surface area contributed by atoms with E-state index in [1.54, 1.807) is 0 Å². The quantitative estimate of drug-likeness (QED) is 0.937. The number of aliphatic hydroxyl groups excluding tert-OH is 1. The van der Waals surface area contributed by atoms with Gasteiger partial charge in [0.1, 0.15) is 12.4 Å². The summed E-state index contributed by atoms with van der Waals surface area (Å²) in [5.41, 5.74) is 1.18. The minimum Gasteiger partial charge on any atom is -0.489 e. The van der Waals surface area contributed by atoms with Crippen LogP contribution in [0.5, 0.6) is 5.75 Å². The van der Waals surface area contributed by atoms with Gasteiger partial charge in [0, 0.05) is 11.6 Å². The maximum atomic E-state index is 7.00. The highest BCUT2D eigenvalue weighted by atomic mass is 79.9. The molecule has 0 bridgehead atoms. The molecule has 0 saturated heterocycles. The molecule has 0 aliphatic heterocycles. The zero-order chi connectivity index (χ0) is 12.5. The molecule has 3 heteroatoms. The molecule has 0 heterocycles. The highest BCUT2D eigenvalue weighted by molar-refractivity contribution is 9.10. The smallest absolute Gasteiger partial charge is 0.119 e. The Morgan fingerprint density at radius 3 is 2.12 bits per heavy atom. The van der Waals surface area contributed by atoms with Crippen molar-refractivity contribution >= 4 is 15.9 Å². The van der Waals surface area contributed by atoms with Gasteiger partial charge in [-0.1, -0.05) is 46.3 Å². The lowest BCUT2D eigenvalue weighted by Gasteiger charge is -2.05. The highest BCUT2D eigenvalue weighted by Crippen LogP contribution is 2.17. The van der Waals surface area contributed by atoms with Gasteiger partial charge < -0.3 is 9.84 Å². The van der Waals surface area contributed by atoms with Crippen LogP contribution in [-0.2, 0) is 6.61 Å². The molecule has 0 fully saturated rings. The normalized spacial score (nSPS) is 9.12. The number of halogens is 1. The summed E-state index contributed by atoms with van der Waals surface area (Å²) < 4.78 is 6.69. The first-order valence-corrected chi connectivity index (χ1v) is 6.01. The highest BCUT2D eigenvalue weighted by Gasteiger charge is 1.94. The first-order valence-electron chi connectivity index (χ1n) is 5.21. The van der Waals surface area contributed by atoms with Crippen molar-refractivity contribution in [2.75, 3.05) is 7.11 Å². The molecule has 2 rings (SSSR count). The van der Waals surface area contributed by atoms with Gasteiger partial charge in [-0.05, 0) is 29.8 Å². The van der Waals surface area contributed by atoms with E-state index >= 15 is 0 Å². The minimum absolute atomic E-state index is 0.614. The molecule has 0 saturated carbocycles. The molecule has 2 aromatic rings. The van der Waals surface area contributed by atoms with Crippen LogP contribution in [0.25, 0.3) is 0 Å². The third kappa shape index (κ3) is 5.02. The monoisotopic (exact) mass is 294 g/mol. The lowest BCUT2D eigenvalue weighted by molar-refractivity contribution is 0.306. The molecule has 0 atom stereocenters. The summed E-state index contributed by atoms with van der Waals surface area (Å²) in [5.74, 6) is 0.891. The van der Waals surface area contributed by atoms with E-state index in [1.807, 2.05) is 42.5 Å². The Hall–Kier alpha value is -1.32. The molecule has 0 aliphatic carbocycles. The second-order valence-corrected chi connectivity index (χ2v) is 4.14. The van der Waals surface area contributed by atoms with Gasteiger partial charge in [0.2, 0.25) is 0 Å². The Morgan fingerprint density at radius 2 is 1.53 bits per heavy atom. The van der Waals surface area contributed by atoms with E-state index in [9.17, 15) is 0 Å². The summed E-state index contributed by atoms with van der Waals surface area (Å²) in [4.78, 5) is 0. The number of aliphatic hydroxyl groups is 1. The van der Waals surface area contributed by atoms with Crippen LogP contribution in [0.4, 0.5) is 0 Å². The fourth-order valence-electron chi connectivity index (χ4n) is 1.27. The van der Waals surface area contributed by atoms with Crippen molar-refractivity contribution in [3.63, 3.8) is 0 Å². The SMILES string of the molecule is Brc1ccc(OCc2ccccc2)cc1.CO. The van der Waals surface area contributed by atoms with Gasteiger partial charge in [0.05, 0.1) is 0 Å². The number of rotatable bonds is 3. The summed E-state index contributed by atoms with van der Waals surface area (Å²) in [5, 5.41) is 7.00. The zero-order valence-electron chi connectivity index (χ0n) is 9.64. The predicted octanol–water partition coefficient (Wildman–Crippen LogP) is 3.64. The summed E-state index contributed by atoms with van der Waals surface area (Å²) in [6, 6.07) is 18.0. The first-order chi connectivity index (χ1) is 8.34. The molecule has 0 aromatic heterocycles. The zero-order valence-corrected chi connectivity index (χ0v) is 11.2. The predicted molar refractivity (Wildman–Crippen MR) is 73.1 cm³/mol. The van der Waals surface area contributed by atoms with Crippen LogP contribution in [0.3, 0.4) is 0 Å². The van der Waals surface area contributed by atoms with Gasteiger partial charge in [-0.15, -0.1) is 0 Å². The van der Waals surface area contributed by atoms with E-state index in [1.165, 1.54) is 5.56 Å². The Balaban J connectivity index is 0.000000686.